The number of aliphatic hydroxyl groups is 1. The molecule has 0 spiro atoms. The van der Waals surface area contributed by atoms with E-state index in [0.29, 0.717) is 11.3 Å². The number of nitrogens with zero attached hydrogens (tertiary/aromatic N) is 5. The molecule has 234 valence electrons. The van der Waals surface area contributed by atoms with Crippen molar-refractivity contribution in [2.45, 2.75) is 76.7 Å². The van der Waals surface area contributed by atoms with Crippen LogP contribution in [-0.4, -0.2) is 80.0 Å². The summed E-state index contributed by atoms with van der Waals surface area (Å²) in [6, 6.07) is 0. The molecule has 2 saturated heterocycles. The van der Waals surface area contributed by atoms with Crippen molar-refractivity contribution in [3.63, 3.8) is 0 Å². The first-order valence-electron chi connectivity index (χ1n) is 13.1. The van der Waals surface area contributed by atoms with Gasteiger partial charge < -0.3 is 29.1 Å². The van der Waals surface area contributed by atoms with E-state index in [0.717, 1.165) is 4.57 Å². The third kappa shape index (κ3) is 7.16. The summed E-state index contributed by atoms with van der Waals surface area (Å²) in [7, 11) is -4.83. The predicted molar refractivity (Wildman–Crippen MR) is 142 cm³/mol. The molecular formula is C23H30N7O12P. The zero-order chi connectivity index (χ0) is 31.1. The molecule has 43 heavy (non-hydrogen) atoms. The fourth-order valence-electron chi connectivity index (χ4n) is 4.89. The van der Waals surface area contributed by atoms with E-state index in [1.54, 1.807) is 13.1 Å². The molecule has 0 aromatic carbocycles. The molecule has 3 aromatic heterocycles. The summed E-state index contributed by atoms with van der Waals surface area (Å²) >= 11 is 0. The lowest BCUT2D eigenvalue weighted by atomic mass is 10.2. The fourth-order valence-corrected chi connectivity index (χ4v) is 5.23. The molecule has 19 nitrogen and oxygen atoms in total. The Morgan fingerprint density at radius 1 is 0.953 bits per heavy atom. The Bertz CT molecular complexity index is 1760. The molecule has 0 unspecified atom stereocenters. The van der Waals surface area contributed by atoms with Crippen molar-refractivity contribution in [1.82, 2.24) is 34.1 Å². The summed E-state index contributed by atoms with van der Waals surface area (Å²) < 4.78 is 37.3. The molecule has 5 rings (SSSR count). The third-order valence-corrected chi connectivity index (χ3v) is 7.59. The molecule has 0 bridgehead atoms. The van der Waals surface area contributed by atoms with Crippen molar-refractivity contribution < 1.29 is 38.2 Å². The summed E-state index contributed by atoms with van der Waals surface area (Å²) in [5.74, 6) is 0. The van der Waals surface area contributed by atoms with Crippen LogP contribution in [0.1, 0.15) is 42.1 Å². The van der Waals surface area contributed by atoms with E-state index in [1.165, 1.54) is 28.6 Å². The second kappa shape index (κ2) is 12.2. The van der Waals surface area contributed by atoms with Crippen LogP contribution >= 0.6 is 7.82 Å². The lowest BCUT2D eigenvalue weighted by molar-refractivity contribution is -0.0651. The highest BCUT2D eigenvalue weighted by molar-refractivity contribution is 7.46. The molecule has 0 saturated carbocycles. The zero-order valence-electron chi connectivity index (χ0n) is 22.9. The molecule has 5 heterocycles. The van der Waals surface area contributed by atoms with Crippen LogP contribution in [0.3, 0.4) is 0 Å². The first-order chi connectivity index (χ1) is 20.3. The number of hydrogen-bond donors (Lipinski definition) is 5. The van der Waals surface area contributed by atoms with Crippen molar-refractivity contribution in [1.29, 1.82) is 0 Å². The number of aromatic nitrogens is 7. The van der Waals surface area contributed by atoms with Crippen LogP contribution in [0, 0.1) is 13.8 Å². The SMILES string of the molecule is Cc1cn([C@H]2C[C@H](OCc3cn(C[C@H]4O[C@@H](n5cc(C)c(=O)[nH]c5=O)C[C@@H]4O)nn3)[C@@H](COP(=O)(O)O)O2)c(=O)[nH]c1=O. The lowest BCUT2D eigenvalue weighted by Gasteiger charge is -2.18. The number of rotatable bonds is 10. The Kier molecular flexibility index (Phi) is 8.77. The second-order valence-electron chi connectivity index (χ2n) is 10.3. The van der Waals surface area contributed by atoms with E-state index in [9.17, 15) is 28.8 Å². The third-order valence-electron chi connectivity index (χ3n) is 7.10. The van der Waals surface area contributed by atoms with Gasteiger partial charge in [-0.05, 0) is 13.8 Å². The number of H-pyrrole nitrogens is 2. The van der Waals surface area contributed by atoms with Gasteiger partial charge in [-0.2, -0.15) is 0 Å². The summed E-state index contributed by atoms with van der Waals surface area (Å²) in [5.41, 5.74) is -1.49. The highest BCUT2D eigenvalue weighted by Gasteiger charge is 2.39. The standard InChI is InChI=1S/C23H30N7O12P/c1-11-5-29(22(34)24-20(11)32)18-3-14(31)16(41-18)8-28-7-13(26-27-28)9-39-15-4-19(42-17(15)10-40-43(36,37)38)30-6-12(2)21(33)25-23(30)35/h5-7,14-19,31H,3-4,8-10H2,1-2H3,(H,24,32,34)(H,25,33,35)(H2,36,37,38)/t14-,15-,16+,17+,18+,19+/m0/s1. The summed E-state index contributed by atoms with van der Waals surface area (Å²) in [5, 5.41) is 18.6. The van der Waals surface area contributed by atoms with Crippen LogP contribution in [0.25, 0.3) is 0 Å². The first kappa shape index (κ1) is 30.9. The smallest absolute Gasteiger partial charge is 0.390 e. The molecule has 3 aromatic rings. The maximum absolute atomic E-state index is 12.4. The van der Waals surface area contributed by atoms with Crippen molar-refractivity contribution in [2.75, 3.05) is 6.61 Å². The van der Waals surface area contributed by atoms with Gasteiger partial charge in [-0.3, -0.25) is 33.2 Å². The van der Waals surface area contributed by atoms with Crippen LogP contribution < -0.4 is 22.5 Å². The Balaban J connectivity index is 1.23. The van der Waals surface area contributed by atoms with Crippen LogP contribution in [0.4, 0.5) is 0 Å². The van der Waals surface area contributed by atoms with E-state index in [-0.39, 0.29) is 31.6 Å². The maximum Gasteiger partial charge on any atom is 0.469 e. The van der Waals surface area contributed by atoms with Gasteiger partial charge in [0, 0.05) is 36.4 Å². The molecule has 0 aliphatic carbocycles. The molecule has 2 aliphatic heterocycles. The van der Waals surface area contributed by atoms with Gasteiger partial charge in [0.25, 0.3) is 11.1 Å². The number of nitrogens with one attached hydrogen (secondary N) is 2. The van der Waals surface area contributed by atoms with Gasteiger partial charge in [-0.15, -0.1) is 5.10 Å². The van der Waals surface area contributed by atoms with Crippen LogP contribution in [-0.2, 0) is 36.5 Å². The Labute approximate surface area is 240 Å². The van der Waals surface area contributed by atoms with Gasteiger partial charge in [0.2, 0.25) is 0 Å². The number of aliphatic hydroxyl groups excluding tert-OH is 1. The van der Waals surface area contributed by atoms with Gasteiger partial charge in [-0.1, -0.05) is 5.21 Å². The van der Waals surface area contributed by atoms with Gasteiger partial charge >= 0.3 is 19.2 Å². The normalized spacial score (nSPS) is 25.9. The van der Waals surface area contributed by atoms with E-state index < -0.39 is 73.8 Å². The molecule has 0 radical (unpaired) electrons. The number of ether oxygens (including phenoxy) is 3. The number of phosphoric ester groups is 1. The van der Waals surface area contributed by atoms with Crippen molar-refractivity contribution in [3.05, 3.63) is 77.1 Å². The zero-order valence-corrected chi connectivity index (χ0v) is 23.8. The van der Waals surface area contributed by atoms with Gasteiger partial charge in [0.05, 0.1) is 38.2 Å². The predicted octanol–water partition coefficient (Wildman–Crippen LogP) is -2.07. The average Bonchev–Trinajstić information content (AvgIpc) is 3.64. The Morgan fingerprint density at radius 2 is 1.53 bits per heavy atom. The highest BCUT2D eigenvalue weighted by Crippen LogP contribution is 2.39. The second-order valence-corrected chi connectivity index (χ2v) is 11.6. The van der Waals surface area contributed by atoms with Crippen LogP contribution in [0.2, 0.25) is 0 Å². The lowest BCUT2D eigenvalue weighted by Crippen LogP contribution is -2.33. The first-order valence-corrected chi connectivity index (χ1v) is 14.6. The van der Waals surface area contributed by atoms with Crippen molar-refractivity contribution in [2.24, 2.45) is 0 Å². The minimum atomic E-state index is -4.83. The number of hydrogen-bond acceptors (Lipinski definition) is 12. The summed E-state index contributed by atoms with van der Waals surface area (Å²) in [6.45, 7) is 2.51. The fraction of sp³-hybridized carbons (Fsp3) is 0.565. The molecular weight excluding hydrogens is 597 g/mol. The molecule has 20 heteroatoms. The van der Waals surface area contributed by atoms with Crippen LogP contribution in [0.5, 0.6) is 0 Å². The Morgan fingerprint density at radius 3 is 2.14 bits per heavy atom. The highest BCUT2D eigenvalue weighted by atomic mass is 31.2. The average molecular weight is 628 g/mol. The molecule has 6 atom stereocenters. The number of phosphoric acid groups is 1. The minimum absolute atomic E-state index is 0.0851. The molecule has 0 amide bonds. The van der Waals surface area contributed by atoms with Gasteiger partial charge in [0.15, 0.2) is 0 Å². The molecule has 2 aliphatic rings. The van der Waals surface area contributed by atoms with E-state index in [1.807, 2.05) is 0 Å². The van der Waals surface area contributed by atoms with Gasteiger partial charge in [0.1, 0.15) is 30.4 Å². The molecule has 2 fully saturated rings. The minimum Gasteiger partial charge on any atom is -0.390 e. The van der Waals surface area contributed by atoms with E-state index >= 15 is 0 Å². The maximum atomic E-state index is 12.4. The molecule has 5 N–H and O–H groups in total. The number of aryl methyl sites for hydroxylation is 2. The summed E-state index contributed by atoms with van der Waals surface area (Å²) in [4.78, 5) is 70.6. The summed E-state index contributed by atoms with van der Waals surface area (Å²) in [6.07, 6.45) is -0.725. The van der Waals surface area contributed by atoms with Crippen molar-refractivity contribution in [3.8, 4) is 0 Å². The van der Waals surface area contributed by atoms with E-state index in [2.05, 4.69) is 24.8 Å². The van der Waals surface area contributed by atoms with E-state index in [4.69, 9.17) is 24.0 Å². The number of aromatic amines is 2. The quantitative estimate of drug-likeness (QED) is 0.151. The monoisotopic (exact) mass is 627 g/mol. The van der Waals surface area contributed by atoms with Gasteiger partial charge in [-0.25, -0.2) is 18.8 Å². The Hall–Kier alpha value is -3.55. The van der Waals surface area contributed by atoms with Crippen molar-refractivity contribution >= 4 is 7.82 Å². The topological polar surface area (TPSA) is 255 Å². The largest absolute Gasteiger partial charge is 0.469 e. The van der Waals surface area contributed by atoms with Crippen LogP contribution in [0.15, 0.2) is 37.8 Å².